The molecule has 1 fully saturated rings. The van der Waals surface area contributed by atoms with Crippen molar-refractivity contribution >= 4 is 29.4 Å². The molecule has 3 amide bonds. The van der Waals surface area contributed by atoms with Crippen LogP contribution in [0.4, 0.5) is 5.69 Å². The van der Waals surface area contributed by atoms with Crippen molar-refractivity contribution < 1.29 is 29.0 Å². The first-order chi connectivity index (χ1) is 19.4. The minimum Gasteiger partial charge on any atom is -0.480 e. The number of aliphatic carboxylic acids is 1. The largest absolute Gasteiger partial charge is 0.480 e. The molecule has 3 N–H and O–H groups in total. The number of ether oxygens (including phenoxy) is 1. The van der Waals surface area contributed by atoms with E-state index in [1.165, 1.54) is 0 Å². The number of hydrogen-bond donors (Lipinski definition) is 3. The highest BCUT2D eigenvalue weighted by Crippen LogP contribution is 2.31. The third kappa shape index (κ3) is 9.14. The molecule has 41 heavy (non-hydrogen) atoms. The fourth-order valence-corrected chi connectivity index (χ4v) is 5.18. The van der Waals surface area contributed by atoms with Gasteiger partial charge in [-0.05, 0) is 60.9 Å². The SMILES string of the molecule is Cc1cccc(C)c1C(=O)Nc1ccc(C[C@H](NC(=O)[C@@H](CCCC(=O)N2CCOCC2)C(C)(C)C)C(=O)O)cc1. The molecule has 3 rings (SSSR count). The van der Waals surface area contributed by atoms with Crippen molar-refractivity contribution in [1.29, 1.82) is 0 Å². The summed E-state index contributed by atoms with van der Waals surface area (Å²) in [6, 6.07) is 11.5. The lowest BCUT2D eigenvalue weighted by atomic mass is 9.77. The van der Waals surface area contributed by atoms with Crippen molar-refractivity contribution in [3.8, 4) is 0 Å². The van der Waals surface area contributed by atoms with Gasteiger partial charge in [0.15, 0.2) is 0 Å². The predicted octanol–water partition coefficient (Wildman–Crippen LogP) is 4.36. The molecule has 0 radical (unpaired) electrons. The molecule has 0 aromatic heterocycles. The molecule has 222 valence electrons. The Morgan fingerprint density at radius 3 is 2.15 bits per heavy atom. The Morgan fingerprint density at radius 1 is 0.976 bits per heavy atom. The maximum Gasteiger partial charge on any atom is 0.326 e. The summed E-state index contributed by atoms with van der Waals surface area (Å²) in [5.41, 5.74) is 3.30. The first-order valence-electron chi connectivity index (χ1n) is 14.2. The third-order valence-corrected chi connectivity index (χ3v) is 7.58. The van der Waals surface area contributed by atoms with Gasteiger partial charge in [-0.3, -0.25) is 14.4 Å². The molecule has 0 unspecified atom stereocenters. The lowest BCUT2D eigenvalue weighted by Gasteiger charge is -2.31. The molecule has 9 nitrogen and oxygen atoms in total. The fourth-order valence-electron chi connectivity index (χ4n) is 5.18. The number of anilines is 1. The van der Waals surface area contributed by atoms with Crippen molar-refractivity contribution in [3.63, 3.8) is 0 Å². The van der Waals surface area contributed by atoms with Gasteiger partial charge in [-0.2, -0.15) is 0 Å². The van der Waals surface area contributed by atoms with E-state index in [2.05, 4.69) is 10.6 Å². The van der Waals surface area contributed by atoms with Crippen LogP contribution >= 0.6 is 0 Å². The molecule has 0 saturated carbocycles. The van der Waals surface area contributed by atoms with Crippen LogP contribution in [-0.4, -0.2) is 66.0 Å². The number of amides is 3. The minimum atomic E-state index is -1.12. The van der Waals surface area contributed by atoms with E-state index in [0.717, 1.165) is 11.1 Å². The summed E-state index contributed by atoms with van der Waals surface area (Å²) in [4.78, 5) is 52.5. The molecule has 9 heteroatoms. The number of carbonyl (C=O) groups excluding carboxylic acids is 3. The Hall–Kier alpha value is -3.72. The first kappa shape index (κ1) is 31.8. The number of carbonyl (C=O) groups is 4. The average molecular weight is 566 g/mol. The van der Waals surface area contributed by atoms with E-state index >= 15 is 0 Å². The van der Waals surface area contributed by atoms with Gasteiger partial charge in [0.2, 0.25) is 11.8 Å². The van der Waals surface area contributed by atoms with Crippen LogP contribution in [0.3, 0.4) is 0 Å². The molecule has 1 saturated heterocycles. The van der Waals surface area contributed by atoms with Crippen LogP contribution < -0.4 is 10.6 Å². The summed E-state index contributed by atoms with van der Waals surface area (Å²) in [6.45, 7) is 11.9. The van der Waals surface area contributed by atoms with E-state index in [4.69, 9.17) is 4.74 Å². The highest BCUT2D eigenvalue weighted by Gasteiger charge is 2.33. The van der Waals surface area contributed by atoms with Crippen LogP contribution in [0.25, 0.3) is 0 Å². The normalized spacial score (nSPS) is 15.1. The topological polar surface area (TPSA) is 125 Å². The van der Waals surface area contributed by atoms with Gasteiger partial charge < -0.3 is 25.4 Å². The number of hydrogen-bond acceptors (Lipinski definition) is 5. The number of nitrogens with zero attached hydrogens (tertiary/aromatic N) is 1. The molecule has 1 aliphatic rings. The fraction of sp³-hybridized carbons (Fsp3) is 0.500. The van der Waals surface area contributed by atoms with E-state index in [0.29, 0.717) is 62.4 Å². The molecule has 1 aliphatic heterocycles. The van der Waals surface area contributed by atoms with Crippen LogP contribution in [-0.2, 0) is 25.5 Å². The molecule has 1 heterocycles. The molecule has 2 atom stereocenters. The zero-order valence-electron chi connectivity index (χ0n) is 24.8. The second kappa shape index (κ2) is 14.3. The number of carboxylic acid groups (broad SMARTS) is 1. The van der Waals surface area contributed by atoms with Gasteiger partial charge in [-0.1, -0.05) is 51.1 Å². The number of rotatable bonds is 11. The number of benzene rings is 2. The second-order valence-corrected chi connectivity index (χ2v) is 11.8. The zero-order valence-corrected chi connectivity index (χ0v) is 24.8. The summed E-state index contributed by atoms with van der Waals surface area (Å²) in [5.74, 6) is -2.06. The highest BCUT2D eigenvalue weighted by molar-refractivity contribution is 6.06. The molecule has 0 aliphatic carbocycles. The molecular formula is C32H43N3O6. The Kier molecular flexibility index (Phi) is 11.1. The number of morpholine rings is 1. The van der Waals surface area contributed by atoms with Crippen LogP contribution in [0.15, 0.2) is 42.5 Å². The Balaban J connectivity index is 1.59. The quantitative estimate of drug-likeness (QED) is 0.372. The van der Waals surface area contributed by atoms with Gasteiger partial charge in [0, 0.05) is 43.1 Å². The summed E-state index contributed by atoms with van der Waals surface area (Å²) >= 11 is 0. The van der Waals surface area contributed by atoms with Gasteiger partial charge in [0.1, 0.15) is 6.04 Å². The summed E-state index contributed by atoms with van der Waals surface area (Å²) < 4.78 is 5.30. The molecule has 2 aromatic rings. The van der Waals surface area contributed by atoms with Gasteiger partial charge in [0.25, 0.3) is 5.91 Å². The monoisotopic (exact) mass is 565 g/mol. The smallest absolute Gasteiger partial charge is 0.326 e. The highest BCUT2D eigenvalue weighted by atomic mass is 16.5. The van der Waals surface area contributed by atoms with E-state index < -0.39 is 23.3 Å². The van der Waals surface area contributed by atoms with Gasteiger partial charge >= 0.3 is 5.97 Å². The van der Waals surface area contributed by atoms with Gasteiger partial charge in [-0.25, -0.2) is 4.79 Å². The third-order valence-electron chi connectivity index (χ3n) is 7.58. The second-order valence-electron chi connectivity index (χ2n) is 11.8. The van der Waals surface area contributed by atoms with Crippen molar-refractivity contribution in [2.45, 2.75) is 66.3 Å². The van der Waals surface area contributed by atoms with E-state index in [9.17, 15) is 24.3 Å². The van der Waals surface area contributed by atoms with Gasteiger partial charge in [-0.15, -0.1) is 0 Å². The van der Waals surface area contributed by atoms with E-state index in [-0.39, 0.29) is 24.1 Å². The average Bonchev–Trinajstić information content (AvgIpc) is 2.91. The summed E-state index contributed by atoms with van der Waals surface area (Å²) in [7, 11) is 0. The Bertz CT molecular complexity index is 1210. The Labute approximate surface area is 242 Å². The lowest BCUT2D eigenvalue weighted by Crippen LogP contribution is -2.47. The predicted molar refractivity (Wildman–Crippen MR) is 158 cm³/mol. The lowest BCUT2D eigenvalue weighted by molar-refractivity contribution is -0.143. The number of carboxylic acids is 1. The first-order valence-corrected chi connectivity index (χ1v) is 14.2. The van der Waals surface area contributed by atoms with Gasteiger partial charge in [0.05, 0.1) is 13.2 Å². The summed E-state index contributed by atoms with van der Waals surface area (Å²) in [5, 5.41) is 15.5. The molecular weight excluding hydrogens is 522 g/mol. The minimum absolute atomic E-state index is 0.0541. The van der Waals surface area contributed by atoms with Crippen molar-refractivity contribution in [1.82, 2.24) is 10.2 Å². The molecule has 2 aromatic carbocycles. The molecule has 0 bridgehead atoms. The van der Waals surface area contributed by atoms with Crippen LogP contribution in [0.1, 0.15) is 67.1 Å². The Morgan fingerprint density at radius 2 is 1.59 bits per heavy atom. The maximum absolute atomic E-state index is 13.3. The summed E-state index contributed by atoms with van der Waals surface area (Å²) in [6.07, 6.45) is 1.46. The van der Waals surface area contributed by atoms with Crippen LogP contribution in [0.5, 0.6) is 0 Å². The number of aryl methyl sites for hydroxylation is 2. The molecule has 0 spiro atoms. The van der Waals surface area contributed by atoms with E-state index in [1.54, 1.807) is 29.2 Å². The van der Waals surface area contributed by atoms with Crippen molar-refractivity contribution in [3.05, 3.63) is 64.7 Å². The van der Waals surface area contributed by atoms with Crippen LogP contribution in [0.2, 0.25) is 0 Å². The van der Waals surface area contributed by atoms with E-state index in [1.807, 2.05) is 52.8 Å². The zero-order chi connectivity index (χ0) is 30.2. The standard InChI is InChI=1S/C32H43N3O6/c1-21-8-6-9-22(2)28(21)30(38)33-24-14-12-23(13-15-24)20-26(31(39)40)34-29(37)25(32(3,4)5)10-7-11-27(36)35-16-18-41-19-17-35/h6,8-9,12-15,25-26H,7,10-11,16-20H2,1-5H3,(H,33,38)(H,34,37)(H,39,40)/t25-,26+/m1/s1. The van der Waals surface area contributed by atoms with Crippen molar-refractivity contribution in [2.24, 2.45) is 11.3 Å². The van der Waals surface area contributed by atoms with Crippen molar-refractivity contribution in [2.75, 3.05) is 31.6 Å². The number of nitrogens with one attached hydrogen (secondary N) is 2. The van der Waals surface area contributed by atoms with Crippen LogP contribution in [0, 0.1) is 25.2 Å². The maximum atomic E-state index is 13.3.